The minimum Gasteiger partial charge on any atom is -0.0622 e. The number of hydrogen-bond acceptors (Lipinski definition) is 0. The molecule has 4 aromatic carbocycles. The summed E-state index contributed by atoms with van der Waals surface area (Å²) in [5.74, 6) is 0. The third-order valence-electron chi connectivity index (χ3n) is 4.93. The first kappa shape index (κ1) is 18.0. The molecule has 0 saturated carbocycles. The maximum absolute atomic E-state index is 2.22. The van der Waals surface area contributed by atoms with Gasteiger partial charge in [0.25, 0.3) is 0 Å². The molecule has 0 N–H and O–H groups in total. The molecule has 0 atom stereocenters. The summed E-state index contributed by atoms with van der Waals surface area (Å²) < 4.78 is 0. The van der Waals surface area contributed by atoms with Gasteiger partial charge in [0.2, 0.25) is 0 Å². The standard InChI is InChI=1S/C28H24/c1-3-7-25(8-4-1)21-27-17-13-23(14-18-27)11-12-24-15-19-28(20-16-24)22-26-9-5-2-6-10-26/h1-20H,21-22H2. The van der Waals surface area contributed by atoms with E-state index in [9.17, 15) is 0 Å². The van der Waals surface area contributed by atoms with Gasteiger partial charge in [0, 0.05) is 0 Å². The molecule has 0 unspecified atom stereocenters. The zero-order valence-corrected chi connectivity index (χ0v) is 16.0. The van der Waals surface area contributed by atoms with E-state index >= 15 is 0 Å². The predicted octanol–water partition coefficient (Wildman–Crippen LogP) is 7.04. The quantitative estimate of drug-likeness (QED) is 0.324. The van der Waals surface area contributed by atoms with E-state index in [1.165, 1.54) is 33.4 Å². The van der Waals surface area contributed by atoms with Crippen molar-refractivity contribution in [2.45, 2.75) is 12.8 Å². The Morgan fingerprint density at radius 2 is 0.679 bits per heavy atom. The zero-order chi connectivity index (χ0) is 19.0. The summed E-state index contributed by atoms with van der Waals surface area (Å²) in [7, 11) is 0. The van der Waals surface area contributed by atoms with Crippen LogP contribution < -0.4 is 0 Å². The van der Waals surface area contributed by atoms with E-state index in [0.29, 0.717) is 0 Å². The van der Waals surface area contributed by atoms with Crippen molar-refractivity contribution in [3.63, 3.8) is 0 Å². The van der Waals surface area contributed by atoms with E-state index in [1.807, 2.05) is 0 Å². The Hall–Kier alpha value is -3.38. The average Bonchev–Trinajstić information content (AvgIpc) is 2.76. The molecule has 0 aliphatic carbocycles. The molecule has 4 aromatic rings. The summed E-state index contributed by atoms with van der Waals surface area (Å²) in [5, 5.41) is 0. The van der Waals surface area contributed by atoms with Crippen LogP contribution in [0.25, 0.3) is 12.2 Å². The summed E-state index contributed by atoms with van der Waals surface area (Å²) >= 11 is 0. The van der Waals surface area contributed by atoms with Gasteiger partial charge in [0.15, 0.2) is 0 Å². The molecule has 0 amide bonds. The van der Waals surface area contributed by atoms with Crippen molar-refractivity contribution in [1.82, 2.24) is 0 Å². The Balaban J connectivity index is 1.37. The summed E-state index contributed by atoms with van der Waals surface area (Å²) in [6, 6.07) is 38.8. The van der Waals surface area contributed by atoms with Crippen molar-refractivity contribution in [1.29, 1.82) is 0 Å². The molecule has 0 aromatic heterocycles. The predicted molar refractivity (Wildman–Crippen MR) is 120 cm³/mol. The highest BCUT2D eigenvalue weighted by Gasteiger charge is 1.97. The zero-order valence-electron chi connectivity index (χ0n) is 16.0. The SMILES string of the molecule is C(=Cc1ccc(Cc2ccccc2)cc1)c1ccc(Cc2ccccc2)cc1. The van der Waals surface area contributed by atoms with E-state index in [0.717, 1.165) is 12.8 Å². The molecule has 4 rings (SSSR count). The van der Waals surface area contributed by atoms with Crippen LogP contribution in [0.3, 0.4) is 0 Å². The van der Waals surface area contributed by atoms with Crippen molar-refractivity contribution in [2.75, 3.05) is 0 Å². The Labute approximate surface area is 167 Å². The highest BCUT2D eigenvalue weighted by molar-refractivity contribution is 5.69. The third kappa shape index (κ3) is 5.08. The molecule has 0 spiro atoms. The highest BCUT2D eigenvalue weighted by Crippen LogP contribution is 2.15. The summed E-state index contributed by atoms with van der Waals surface area (Å²) in [4.78, 5) is 0. The Morgan fingerprint density at radius 3 is 1.04 bits per heavy atom. The second-order valence-electron chi connectivity index (χ2n) is 7.14. The van der Waals surface area contributed by atoms with Crippen molar-refractivity contribution < 1.29 is 0 Å². The van der Waals surface area contributed by atoms with Gasteiger partial charge >= 0.3 is 0 Å². The first-order chi connectivity index (χ1) is 13.8. The number of benzene rings is 4. The van der Waals surface area contributed by atoms with E-state index in [1.54, 1.807) is 0 Å². The molecule has 0 aliphatic rings. The average molecular weight is 361 g/mol. The van der Waals surface area contributed by atoms with Crippen LogP contribution in [-0.4, -0.2) is 0 Å². The van der Waals surface area contributed by atoms with Gasteiger partial charge < -0.3 is 0 Å². The van der Waals surface area contributed by atoms with Crippen LogP contribution in [0.2, 0.25) is 0 Å². The van der Waals surface area contributed by atoms with Crippen molar-refractivity contribution in [3.8, 4) is 0 Å². The fraction of sp³-hybridized carbons (Fsp3) is 0.0714. The molecular weight excluding hydrogens is 336 g/mol. The number of hydrogen-bond donors (Lipinski definition) is 0. The van der Waals surface area contributed by atoms with Gasteiger partial charge in [0.1, 0.15) is 0 Å². The Morgan fingerprint density at radius 1 is 0.357 bits per heavy atom. The van der Waals surface area contributed by atoms with E-state index < -0.39 is 0 Å². The van der Waals surface area contributed by atoms with Crippen LogP contribution in [0, 0.1) is 0 Å². The van der Waals surface area contributed by atoms with Crippen molar-refractivity contribution in [3.05, 3.63) is 143 Å². The molecular formula is C28H24. The Kier molecular flexibility index (Phi) is 5.80. The van der Waals surface area contributed by atoms with Gasteiger partial charge in [-0.1, -0.05) is 121 Å². The van der Waals surface area contributed by atoms with Crippen LogP contribution in [0.5, 0.6) is 0 Å². The van der Waals surface area contributed by atoms with E-state index in [2.05, 4.69) is 121 Å². The molecule has 0 bridgehead atoms. The maximum atomic E-state index is 2.22. The van der Waals surface area contributed by atoms with Gasteiger partial charge in [0.05, 0.1) is 0 Å². The first-order valence-corrected chi connectivity index (χ1v) is 9.79. The fourth-order valence-corrected chi connectivity index (χ4v) is 3.35. The first-order valence-electron chi connectivity index (χ1n) is 9.79. The lowest BCUT2D eigenvalue weighted by atomic mass is 10.0. The smallest absolute Gasteiger partial charge is 0.00258 e. The largest absolute Gasteiger partial charge is 0.0622 e. The maximum Gasteiger partial charge on any atom is -0.00258 e. The molecule has 0 aliphatic heterocycles. The minimum atomic E-state index is 0.980. The second-order valence-corrected chi connectivity index (χ2v) is 7.14. The molecule has 0 heterocycles. The van der Waals surface area contributed by atoms with Gasteiger partial charge in [-0.05, 0) is 46.2 Å². The van der Waals surface area contributed by atoms with Crippen LogP contribution in [0.4, 0.5) is 0 Å². The molecule has 0 saturated heterocycles. The molecule has 0 radical (unpaired) electrons. The van der Waals surface area contributed by atoms with Gasteiger partial charge in [-0.25, -0.2) is 0 Å². The minimum absolute atomic E-state index is 0.980. The lowest BCUT2D eigenvalue weighted by Crippen LogP contribution is -1.87. The molecule has 136 valence electrons. The third-order valence-corrected chi connectivity index (χ3v) is 4.93. The molecule has 28 heavy (non-hydrogen) atoms. The summed E-state index contributed by atoms with van der Waals surface area (Å²) in [5.41, 5.74) is 7.83. The Bertz CT molecular complexity index is 922. The lowest BCUT2D eigenvalue weighted by Gasteiger charge is -2.03. The second kappa shape index (κ2) is 9.01. The van der Waals surface area contributed by atoms with E-state index in [-0.39, 0.29) is 0 Å². The summed E-state index contributed by atoms with van der Waals surface area (Å²) in [6.45, 7) is 0. The topological polar surface area (TPSA) is 0 Å². The molecule has 0 nitrogen and oxygen atoms in total. The van der Waals surface area contributed by atoms with Crippen LogP contribution >= 0.6 is 0 Å². The molecule has 0 fully saturated rings. The van der Waals surface area contributed by atoms with E-state index in [4.69, 9.17) is 0 Å². The number of rotatable bonds is 6. The monoisotopic (exact) mass is 360 g/mol. The van der Waals surface area contributed by atoms with Crippen LogP contribution in [0.15, 0.2) is 109 Å². The highest BCUT2D eigenvalue weighted by atomic mass is 14.0. The van der Waals surface area contributed by atoms with Crippen molar-refractivity contribution >= 4 is 12.2 Å². The van der Waals surface area contributed by atoms with Crippen LogP contribution in [0.1, 0.15) is 33.4 Å². The van der Waals surface area contributed by atoms with Crippen LogP contribution in [-0.2, 0) is 12.8 Å². The lowest BCUT2D eigenvalue weighted by molar-refractivity contribution is 1.19. The fourth-order valence-electron chi connectivity index (χ4n) is 3.35. The van der Waals surface area contributed by atoms with Crippen molar-refractivity contribution in [2.24, 2.45) is 0 Å². The van der Waals surface area contributed by atoms with Gasteiger partial charge in [-0.2, -0.15) is 0 Å². The molecule has 0 heteroatoms. The van der Waals surface area contributed by atoms with Gasteiger partial charge in [-0.3, -0.25) is 0 Å². The summed E-state index contributed by atoms with van der Waals surface area (Å²) in [6.07, 6.45) is 6.32. The normalized spacial score (nSPS) is 11.0. The van der Waals surface area contributed by atoms with Gasteiger partial charge in [-0.15, -0.1) is 0 Å².